The summed E-state index contributed by atoms with van der Waals surface area (Å²) in [6.45, 7) is 0. The van der Waals surface area contributed by atoms with Gasteiger partial charge in [-0.1, -0.05) is 0 Å². The fourth-order valence-electron chi connectivity index (χ4n) is 1.89. The molecular formula is C16H15N4NaO7S. The predicted octanol–water partition coefficient (Wildman–Crippen LogP) is -3.46. The van der Waals surface area contributed by atoms with E-state index in [2.05, 4.69) is 20.0 Å². The van der Waals surface area contributed by atoms with Crippen LogP contribution in [0.25, 0.3) is 0 Å². The normalized spacial score (nSPS) is 10.7. The summed E-state index contributed by atoms with van der Waals surface area (Å²) in [7, 11) is -1.32. The summed E-state index contributed by atoms with van der Waals surface area (Å²) in [4.78, 5) is 29.4. The predicted molar refractivity (Wildman–Crippen MR) is 95.2 cm³/mol. The molecule has 11 nitrogen and oxygen atoms in total. The Kier molecular flexibility index (Phi) is 9.04. The first-order valence-corrected chi connectivity index (χ1v) is 9.02. The van der Waals surface area contributed by atoms with Gasteiger partial charge < -0.3 is 24.7 Å². The first kappa shape index (κ1) is 24.4. The standard InChI is InChI=1S/C16H16N4O7S.Na/c1-26-14-9-12(18-16(19-14)27-2)20-28(24,25)11-5-3-10(4-6-11)17-13(21)7-8-15(22)23;/h3-9H,1-2H3,(H,17,21)(H,22,23)(H,18,19,20);/q;+1/p-1/b8-7-;. The number of carboxylic acid groups (broad SMARTS) is 1. The van der Waals surface area contributed by atoms with Crippen LogP contribution in [0.15, 0.2) is 47.4 Å². The number of carbonyl (C=O) groups is 2. The molecule has 0 aliphatic heterocycles. The molecule has 0 saturated heterocycles. The van der Waals surface area contributed by atoms with Gasteiger partial charge in [-0.3, -0.25) is 9.52 Å². The molecule has 0 aliphatic carbocycles. The van der Waals surface area contributed by atoms with E-state index in [1.807, 2.05) is 0 Å². The first-order chi connectivity index (χ1) is 13.2. The second-order valence-corrected chi connectivity index (χ2v) is 6.74. The van der Waals surface area contributed by atoms with Crippen LogP contribution in [0.2, 0.25) is 0 Å². The summed E-state index contributed by atoms with van der Waals surface area (Å²) in [6.07, 6.45) is 1.35. The molecule has 13 heteroatoms. The Bertz CT molecular complexity index is 988. The number of aliphatic carboxylic acids is 1. The molecule has 2 rings (SSSR count). The van der Waals surface area contributed by atoms with Gasteiger partial charge in [-0.05, 0) is 30.3 Å². The van der Waals surface area contributed by atoms with Crippen molar-refractivity contribution in [1.82, 2.24) is 9.97 Å². The molecule has 148 valence electrons. The van der Waals surface area contributed by atoms with Gasteiger partial charge in [0.15, 0.2) is 5.82 Å². The van der Waals surface area contributed by atoms with Crippen molar-refractivity contribution in [2.45, 2.75) is 4.90 Å². The van der Waals surface area contributed by atoms with E-state index in [0.717, 1.165) is 6.08 Å². The Balaban J connectivity index is 0.00000420. The van der Waals surface area contributed by atoms with Crippen LogP contribution in [0, 0.1) is 0 Å². The molecule has 0 aliphatic rings. The Morgan fingerprint density at radius 2 is 1.72 bits per heavy atom. The van der Waals surface area contributed by atoms with E-state index in [-0.39, 0.29) is 57.8 Å². The van der Waals surface area contributed by atoms with Crippen LogP contribution in [-0.2, 0) is 19.6 Å². The van der Waals surface area contributed by atoms with Crippen LogP contribution < -0.4 is 54.2 Å². The van der Waals surface area contributed by atoms with Crippen molar-refractivity contribution in [2.24, 2.45) is 0 Å². The quantitative estimate of drug-likeness (QED) is 0.321. The smallest absolute Gasteiger partial charge is 0.545 e. The van der Waals surface area contributed by atoms with Gasteiger partial charge in [0.1, 0.15) is 0 Å². The number of rotatable bonds is 8. The maximum absolute atomic E-state index is 12.5. The first-order valence-electron chi connectivity index (χ1n) is 7.53. The number of hydrogen-bond acceptors (Lipinski definition) is 9. The molecule has 29 heavy (non-hydrogen) atoms. The number of anilines is 2. The topological polar surface area (TPSA) is 160 Å². The number of nitrogens with one attached hydrogen (secondary N) is 2. The van der Waals surface area contributed by atoms with E-state index < -0.39 is 21.9 Å². The summed E-state index contributed by atoms with van der Waals surface area (Å²) in [5.74, 6) is -2.18. The number of amides is 1. The molecule has 2 N–H and O–H groups in total. The minimum atomic E-state index is -3.99. The molecule has 0 fully saturated rings. The van der Waals surface area contributed by atoms with Crippen LogP contribution in [0.3, 0.4) is 0 Å². The third kappa shape index (κ3) is 7.34. The molecule has 0 bridgehead atoms. The largest absolute Gasteiger partial charge is 1.00 e. The van der Waals surface area contributed by atoms with Crippen LogP contribution >= 0.6 is 0 Å². The summed E-state index contributed by atoms with van der Waals surface area (Å²) >= 11 is 0. The maximum atomic E-state index is 12.5. The SMILES string of the molecule is COc1cc(NS(=O)(=O)c2ccc(NC(=O)/C=C\C(=O)[O-])cc2)nc(OC)n1.[Na+]. The average molecular weight is 430 g/mol. The van der Waals surface area contributed by atoms with Crippen molar-refractivity contribution in [3.63, 3.8) is 0 Å². The summed E-state index contributed by atoms with van der Waals surface area (Å²) < 4.78 is 37.1. The number of methoxy groups -OCH3 is 2. The molecule has 0 unspecified atom stereocenters. The van der Waals surface area contributed by atoms with Crippen molar-refractivity contribution in [1.29, 1.82) is 0 Å². The molecular weight excluding hydrogens is 415 g/mol. The van der Waals surface area contributed by atoms with Crippen molar-refractivity contribution in [3.8, 4) is 11.9 Å². The molecule has 1 aromatic heterocycles. The zero-order valence-corrected chi connectivity index (χ0v) is 18.5. The number of ether oxygens (including phenoxy) is 2. The zero-order valence-electron chi connectivity index (χ0n) is 15.7. The van der Waals surface area contributed by atoms with Crippen LogP contribution in [0.1, 0.15) is 0 Å². The number of aromatic nitrogens is 2. The van der Waals surface area contributed by atoms with E-state index in [1.165, 1.54) is 44.6 Å². The summed E-state index contributed by atoms with van der Waals surface area (Å²) in [5, 5.41) is 12.6. The third-order valence-corrected chi connectivity index (χ3v) is 4.49. The van der Waals surface area contributed by atoms with Crippen molar-refractivity contribution >= 4 is 33.4 Å². The van der Waals surface area contributed by atoms with E-state index >= 15 is 0 Å². The van der Waals surface area contributed by atoms with Crippen molar-refractivity contribution < 1.29 is 62.1 Å². The van der Waals surface area contributed by atoms with Gasteiger partial charge in [0.05, 0.1) is 25.1 Å². The second-order valence-electron chi connectivity index (χ2n) is 5.05. The van der Waals surface area contributed by atoms with Gasteiger partial charge in [-0.2, -0.15) is 9.97 Å². The van der Waals surface area contributed by atoms with E-state index in [4.69, 9.17) is 9.47 Å². The van der Waals surface area contributed by atoms with Crippen LogP contribution in [0.5, 0.6) is 11.9 Å². The fourth-order valence-corrected chi connectivity index (χ4v) is 2.89. The minimum Gasteiger partial charge on any atom is -0.545 e. The Hall–Kier alpha value is -2.67. The van der Waals surface area contributed by atoms with Crippen molar-refractivity contribution in [3.05, 3.63) is 42.5 Å². The maximum Gasteiger partial charge on any atom is 1.00 e. The van der Waals surface area contributed by atoms with Gasteiger partial charge in [0, 0.05) is 17.8 Å². The van der Waals surface area contributed by atoms with E-state index in [9.17, 15) is 23.1 Å². The van der Waals surface area contributed by atoms with Gasteiger partial charge in [-0.25, -0.2) is 8.42 Å². The minimum absolute atomic E-state index is 0. The molecule has 1 amide bonds. The van der Waals surface area contributed by atoms with Crippen molar-refractivity contribution in [2.75, 3.05) is 24.3 Å². The van der Waals surface area contributed by atoms with Gasteiger partial charge in [0.2, 0.25) is 11.8 Å². The summed E-state index contributed by atoms with van der Waals surface area (Å²) in [6, 6.07) is 6.35. The average Bonchev–Trinajstić information content (AvgIpc) is 2.66. The van der Waals surface area contributed by atoms with Gasteiger partial charge in [0.25, 0.3) is 10.0 Å². The number of sulfonamides is 1. The molecule has 0 saturated carbocycles. The van der Waals surface area contributed by atoms with Crippen LogP contribution in [0.4, 0.5) is 11.5 Å². The third-order valence-electron chi connectivity index (χ3n) is 3.12. The number of nitrogens with zero attached hydrogens (tertiary/aromatic N) is 2. The molecule has 1 aromatic carbocycles. The molecule has 0 radical (unpaired) electrons. The number of carboxylic acids is 1. The number of hydrogen-bond donors (Lipinski definition) is 2. The zero-order chi connectivity index (χ0) is 20.7. The Labute approximate surface area is 188 Å². The molecule has 0 spiro atoms. The number of benzene rings is 1. The molecule has 1 heterocycles. The summed E-state index contributed by atoms with van der Waals surface area (Å²) in [5.41, 5.74) is 0.261. The van der Waals surface area contributed by atoms with E-state index in [0.29, 0.717) is 6.08 Å². The van der Waals surface area contributed by atoms with Gasteiger partial charge >= 0.3 is 35.6 Å². The van der Waals surface area contributed by atoms with Crippen LogP contribution in [-0.4, -0.2) is 44.5 Å². The Morgan fingerprint density at radius 1 is 1.07 bits per heavy atom. The van der Waals surface area contributed by atoms with Gasteiger partial charge in [-0.15, -0.1) is 0 Å². The fraction of sp³-hybridized carbons (Fsp3) is 0.125. The van der Waals surface area contributed by atoms with E-state index in [1.54, 1.807) is 0 Å². The second kappa shape index (κ2) is 10.8. The Morgan fingerprint density at radius 3 is 2.28 bits per heavy atom. The molecule has 2 aromatic rings. The number of carbonyl (C=O) groups excluding carboxylic acids is 2. The molecule has 0 atom stereocenters. The monoisotopic (exact) mass is 430 g/mol.